The zero-order chi connectivity index (χ0) is 17.9. The summed E-state index contributed by atoms with van der Waals surface area (Å²) in [6.07, 6.45) is 1.87. The molecule has 2 heterocycles. The van der Waals surface area contributed by atoms with Crippen LogP contribution >= 0.6 is 0 Å². The number of hydrogen-bond acceptors (Lipinski definition) is 5. The molecule has 2 saturated heterocycles. The number of sulfonamides is 1. The third kappa shape index (κ3) is 4.38. The molecule has 7 nitrogen and oxygen atoms in total. The van der Waals surface area contributed by atoms with Gasteiger partial charge in [-0.15, -0.1) is 0 Å². The average molecular weight is 367 g/mol. The van der Waals surface area contributed by atoms with E-state index in [4.69, 9.17) is 4.74 Å². The molecule has 0 radical (unpaired) electrons. The number of benzene rings is 1. The standard InChI is InChI=1S/C17H25N3O4S/c1-19-8-6-15(7-9-19)18-17(21)14-2-4-16(5-3-14)25(22,23)20-10-12-24-13-11-20/h2-5,15H,6-13H2,1H3,(H,18,21). The third-order valence-corrected chi connectivity index (χ3v) is 6.69. The lowest BCUT2D eigenvalue weighted by Crippen LogP contribution is -2.43. The number of ether oxygens (including phenoxy) is 1. The van der Waals surface area contributed by atoms with Gasteiger partial charge < -0.3 is 15.0 Å². The van der Waals surface area contributed by atoms with Crippen molar-refractivity contribution in [2.45, 2.75) is 23.8 Å². The molecule has 8 heteroatoms. The monoisotopic (exact) mass is 367 g/mol. The molecule has 0 spiro atoms. The Kier molecular flexibility index (Phi) is 5.73. The minimum absolute atomic E-state index is 0.148. The third-order valence-electron chi connectivity index (χ3n) is 4.78. The number of likely N-dealkylation sites (tertiary alicyclic amines) is 1. The van der Waals surface area contributed by atoms with Gasteiger partial charge in [0.15, 0.2) is 0 Å². The first-order chi connectivity index (χ1) is 12.0. The summed E-state index contributed by atoms with van der Waals surface area (Å²) in [5, 5.41) is 3.04. The van der Waals surface area contributed by atoms with Crippen molar-refractivity contribution in [3.8, 4) is 0 Å². The highest BCUT2D eigenvalue weighted by atomic mass is 32.2. The second-order valence-corrected chi connectivity index (χ2v) is 8.53. The predicted molar refractivity (Wildman–Crippen MR) is 94.0 cm³/mol. The van der Waals surface area contributed by atoms with Gasteiger partial charge in [0, 0.05) is 24.7 Å². The summed E-state index contributed by atoms with van der Waals surface area (Å²) < 4.78 is 31.8. The minimum Gasteiger partial charge on any atom is -0.379 e. The maximum Gasteiger partial charge on any atom is 0.251 e. The van der Waals surface area contributed by atoms with Crippen molar-refractivity contribution in [2.75, 3.05) is 46.4 Å². The van der Waals surface area contributed by atoms with E-state index >= 15 is 0 Å². The number of carbonyl (C=O) groups is 1. The molecule has 0 aliphatic carbocycles. The summed E-state index contributed by atoms with van der Waals surface area (Å²) in [6, 6.07) is 6.36. The Morgan fingerprint density at radius 1 is 1.08 bits per heavy atom. The molecule has 2 fully saturated rings. The van der Waals surface area contributed by atoms with Crippen LogP contribution in [-0.4, -0.2) is 76.0 Å². The van der Waals surface area contributed by atoms with Crippen molar-refractivity contribution >= 4 is 15.9 Å². The van der Waals surface area contributed by atoms with Crippen LogP contribution in [0, 0.1) is 0 Å². The second-order valence-electron chi connectivity index (χ2n) is 6.59. The van der Waals surface area contributed by atoms with Crippen molar-refractivity contribution in [2.24, 2.45) is 0 Å². The summed E-state index contributed by atoms with van der Waals surface area (Å²) in [4.78, 5) is 14.8. The van der Waals surface area contributed by atoms with Gasteiger partial charge in [0.25, 0.3) is 5.91 Å². The quantitative estimate of drug-likeness (QED) is 0.840. The van der Waals surface area contributed by atoms with Gasteiger partial charge in [0.2, 0.25) is 10.0 Å². The van der Waals surface area contributed by atoms with E-state index < -0.39 is 10.0 Å². The highest BCUT2D eigenvalue weighted by Crippen LogP contribution is 2.18. The van der Waals surface area contributed by atoms with Gasteiger partial charge in [-0.3, -0.25) is 4.79 Å². The molecular formula is C17H25N3O4S. The Morgan fingerprint density at radius 2 is 1.68 bits per heavy atom. The molecule has 138 valence electrons. The molecule has 2 aliphatic heterocycles. The molecule has 0 aromatic heterocycles. The lowest BCUT2D eigenvalue weighted by atomic mass is 10.0. The largest absolute Gasteiger partial charge is 0.379 e. The first-order valence-electron chi connectivity index (χ1n) is 8.64. The minimum atomic E-state index is -3.52. The molecular weight excluding hydrogens is 342 g/mol. The number of rotatable bonds is 4. The predicted octanol–water partition coefficient (Wildman–Crippen LogP) is 0.532. The van der Waals surface area contributed by atoms with Gasteiger partial charge in [-0.2, -0.15) is 4.31 Å². The Bertz CT molecular complexity index is 691. The van der Waals surface area contributed by atoms with Crippen molar-refractivity contribution in [3.05, 3.63) is 29.8 Å². The van der Waals surface area contributed by atoms with Crippen LogP contribution in [0.1, 0.15) is 23.2 Å². The normalized spacial score (nSPS) is 21.2. The van der Waals surface area contributed by atoms with Gasteiger partial charge in [-0.25, -0.2) is 8.42 Å². The summed E-state index contributed by atoms with van der Waals surface area (Å²) >= 11 is 0. The molecule has 0 atom stereocenters. The van der Waals surface area contributed by atoms with Crippen LogP contribution in [0.15, 0.2) is 29.2 Å². The number of piperidine rings is 1. The molecule has 0 unspecified atom stereocenters. The summed E-state index contributed by atoms with van der Waals surface area (Å²) in [6.45, 7) is 3.50. The number of carbonyl (C=O) groups excluding carboxylic acids is 1. The number of morpholine rings is 1. The van der Waals surface area contributed by atoms with Crippen LogP contribution in [0.25, 0.3) is 0 Å². The van der Waals surface area contributed by atoms with Crippen LogP contribution < -0.4 is 5.32 Å². The zero-order valence-electron chi connectivity index (χ0n) is 14.5. The zero-order valence-corrected chi connectivity index (χ0v) is 15.3. The Labute approximate surface area is 149 Å². The van der Waals surface area contributed by atoms with E-state index in [2.05, 4.69) is 17.3 Å². The number of amides is 1. The van der Waals surface area contributed by atoms with Crippen LogP contribution in [0.3, 0.4) is 0 Å². The topological polar surface area (TPSA) is 79.0 Å². The molecule has 1 amide bonds. The Morgan fingerprint density at radius 3 is 2.28 bits per heavy atom. The van der Waals surface area contributed by atoms with Crippen LogP contribution in [-0.2, 0) is 14.8 Å². The fourth-order valence-electron chi connectivity index (χ4n) is 3.14. The van der Waals surface area contributed by atoms with Crippen molar-refractivity contribution in [3.63, 3.8) is 0 Å². The number of nitrogens with one attached hydrogen (secondary N) is 1. The van der Waals surface area contributed by atoms with Crippen LogP contribution in [0.2, 0.25) is 0 Å². The first kappa shape index (κ1) is 18.3. The maximum absolute atomic E-state index is 12.6. The van der Waals surface area contributed by atoms with Gasteiger partial charge >= 0.3 is 0 Å². The lowest BCUT2D eigenvalue weighted by Gasteiger charge is -2.29. The van der Waals surface area contributed by atoms with Crippen molar-refractivity contribution in [1.82, 2.24) is 14.5 Å². The summed E-state index contributed by atoms with van der Waals surface area (Å²) in [5.74, 6) is -0.148. The van der Waals surface area contributed by atoms with Crippen molar-refractivity contribution in [1.29, 1.82) is 0 Å². The van der Waals surface area contributed by atoms with Gasteiger partial charge in [0.1, 0.15) is 0 Å². The SMILES string of the molecule is CN1CCC(NC(=O)c2ccc(S(=O)(=O)N3CCOCC3)cc2)CC1. The van der Waals surface area contributed by atoms with E-state index in [9.17, 15) is 13.2 Å². The molecule has 1 aromatic carbocycles. The van der Waals surface area contributed by atoms with Gasteiger partial charge in [-0.1, -0.05) is 0 Å². The van der Waals surface area contributed by atoms with E-state index in [0.29, 0.717) is 31.9 Å². The molecule has 1 aromatic rings. The van der Waals surface area contributed by atoms with E-state index in [1.54, 1.807) is 12.1 Å². The Hall–Kier alpha value is -1.48. The van der Waals surface area contributed by atoms with E-state index in [1.165, 1.54) is 16.4 Å². The maximum atomic E-state index is 12.6. The fraction of sp³-hybridized carbons (Fsp3) is 0.588. The fourth-order valence-corrected chi connectivity index (χ4v) is 4.54. The summed E-state index contributed by atoms with van der Waals surface area (Å²) in [7, 11) is -1.45. The Balaban J connectivity index is 1.64. The molecule has 2 aliphatic rings. The second kappa shape index (κ2) is 7.82. The van der Waals surface area contributed by atoms with Gasteiger partial charge in [0.05, 0.1) is 18.1 Å². The first-order valence-corrected chi connectivity index (χ1v) is 10.1. The molecule has 3 rings (SSSR count). The smallest absolute Gasteiger partial charge is 0.251 e. The molecule has 0 bridgehead atoms. The van der Waals surface area contributed by atoms with Crippen LogP contribution in [0.5, 0.6) is 0 Å². The molecule has 0 saturated carbocycles. The number of hydrogen-bond donors (Lipinski definition) is 1. The molecule has 1 N–H and O–H groups in total. The lowest BCUT2D eigenvalue weighted by molar-refractivity contribution is 0.0730. The van der Waals surface area contributed by atoms with Crippen molar-refractivity contribution < 1.29 is 17.9 Å². The van der Waals surface area contributed by atoms with Crippen LogP contribution in [0.4, 0.5) is 0 Å². The number of nitrogens with zero attached hydrogens (tertiary/aromatic N) is 2. The molecule has 25 heavy (non-hydrogen) atoms. The summed E-state index contributed by atoms with van der Waals surface area (Å²) in [5.41, 5.74) is 0.486. The highest BCUT2D eigenvalue weighted by molar-refractivity contribution is 7.89. The van der Waals surface area contributed by atoms with E-state index in [0.717, 1.165) is 25.9 Å². The average Bonchev–Trinajstić information content (AvgIpc) is 2.64. The van der Waals surface area contributed by atoms with E-state index in [1.807, 2.05) is 0 Å². The van der Waals surface area contributed by atoms with E-state index in [-0.39, 0.29) is 16.8 Å². The highest BCUT2D eigenvalue weighted by Gasteiger charge is 2.26. The van der Waals surface area contributed by atoms with Gasteiger partial charge in [-0.05, 0) is 57.2 Å².